The Morgan fingerprint density at radius 3 is 2.69 bits per heavy atom. The van der Waals surface area contributed by atoms with Crippen LogP contribution in [0.5, 0.6) is 5.75 Å². The van der Waals surface area contributed by atoms with Crippen molar-refractivity contribution in [2.45, 2.75) is 65.3 Å². The lowest BCUT2D eigenvalue weighted by Crippen LogP contribution is -2.40. The molecule has 1 aromatic carbocycles. The number of aliphatic imine (C=N–C) groups is 1. The third kappa shape index (κ3) is 5.90. The first kappa shape index (κ1) is 20.6. The van der Waals surface area contributed by atoms with E-state index >= 15 is 0 Å². The Labute approximate surface area is 157 Å². The van der Waals surface area contributed by atoms with Crippen molar-refractivity contribution in [3.8, 4) is 5.75 Å². The minimum atomic E-state index is 0.226. The quantitative estimate of drug-likeness (QED) is 0.403. The largest absolute Gasteiger partial charge is 0.508 e. The van der Waals surface area contributed by atoms with Crippen molar-refractivity contribution in [3.05, 3.63) is 28.8 Å². The Kier molecular flexibility index (Phi) is 8.75. The molecule has 5 heteroatoms. The predicted octanol–water partition coefficient (Wildman–Crippen LogP) is 3.12. The van der Waals surface area contributed by atoms with E-state index in [9.17, 15) is 10.2 Å². The Morgan fingerprint density at radius 1 is 1.15 bits per heavy atom. The van der Waals surface area contributed by atoms with E-state index < -0.39 is 0 Å². The zero-order valence-electron chi connectivity index (χ0n) is 16.4. The summed E-state index contributed by atoms with van der Waals surface area (Å²) in [6, 6.07) is 3.87. The number of nitrogens with zero attached hydrogens (tertiary/aromatic N) is 1. The summed E-state index contributed by atoms with van der Waals surface area (Å²) < 4.78 is 0. The summed E-state index contributed by atoms with van der Waals surface area (Å²) >= 11 is 0. The van der Waals surface area contributed by atoms with Gasteiger partial charge in [-0.3, -0.25) is 0 Å². The number of hydrogen-bond donors (Lipinski definition) is 4. The van der Waals surface area contributed by atoms with Crippen LogP contribution in [-0.2, 0) is 19.4 Å². The number of fused-ring (bicyclic) bond motifs is 1. The van der Waals surface area contributed by atoms with Crippen molar-refractivity contribution in [1.82, 2.24) is 10.6 Å². The third-order valence-electron chi connectivity index (χ3n) is 5.16. The second-order valence-corrected chi connectivity index (χ2v) is 7.15. The summed E-state index contributed by atoms with van der Waals surface area (Å²) in [6.07, 6.45) is 7.58. The highest BCUT2D eigenvalue weighted by Crippen LogP contribution is 2.31. The third-order valence-corrected chi connectivity index (χ3v) is 5.16. The van der Waals surface area contributed by atoms with Gasteiger partial charge in [-0.2, -0.15) is 0 Å². The lowest BCUT2D eigenvalue weighted by atomic mass is 9.88. The van der Waals surface area contributed by atoms with Gasteiger partial charge in [0.15, 0.2) is 5.96 Å². The lowest BCUT2D eigenvalue weighted by molar-refractivity contribution is 0.251. The highest BCUT2D eigenvalue weighted by Gasteiger charge is 2.16. The van der Waals surface area contributed by atoms with Crippen molar-refractivity contribution in [2.24, 2.45) is 10.9 Å². The zero-order chi connectivity index (χ0) is 18.8. The van der Waals surface area contributed by atoms with E-state index in [2.05, 4.69) is 30.5 Å². The number of aryl methyl sites for hydroxylation is 1. The lowest BCUT2D eigenvalue weighted by Gasteiger charge is -2.21. The van der Waals surface area contributed by atoms with Crippen molar-refractivity contribution in [1.29, 1.82) is 0 Å². The first-order chi connectivity index (χ1) is 12.7. The summed E-state index contributed by atoms with van der Waals surface area (Å²) in [4.78, 5) is 4.72. The molecule has 0 radical (unpaired) electrons. The normalized spacial score (nSPS) is 15.4. The fourth-order valence-electron chi connectivity index (χ4n) is 3.75. The number of rotatable bonds is 9. The van der Waals surface area contributed by atoms with Gasteiger partial charge in [0.25, 0.3) is 0 Å². The number of phenolic OH excluding ortho intramolecular Hbond substituents is 1. The van der Waals surface area contributed by atoms with Crippen LogP contribution < -0.4 is 10.6 Å². The van der Waals surface area contributed by atoms with Crippen LogP contribution in [-0.4, -0.2) is 35.9 Å². The standard InChI is InChI=1S/C21H35N3O2/c1-3-7-16(12-13-25)14-23-21(22-4-2)24-15-19-18-9-6-5-8-17(18)10-11-20(19)26/h10-11,16,25-26H,3-9,12-15H2,1-2H3,(H2,22,23,24). The summed E-state index contributed by atoms with van der Waals surface area (Å²) in [5.74, 6) is 1.58. The molecule has 0 bridgehead atoms. The summed E-state index contributed by atoms with van der Waals surface area (Å²) in [5, 5.41) is 26.2. The van der Waals surface area contributed by atoms with Crippen LogP contribution in [0.1, 0.15) is 62.6 Å². The maximum Gasteiger partial charge on any atom is 0.191 e. The molecule has 0 fully saturated rings. The molecule has 4 N–H and O–H groups in total. The van der Waals surface area contributed by atoms with E-state index in [4.69, 9.17) is 4.99 Å². The minimum Gasteiger partial charge on any atom is -0.508 e. The average molecular weight is 362 g/mol. The number of aliphatic hydroxyl groups is 1. The van der Waals surface area contributed by atoms with Gasteiger partial charge in [0.05, 0.1) is 6.54 Å². The molecule has 26 heavy (non-hydrogen) atoms. The van der Waals surface area contributed by atoms with Gasteiger partial charge in [-0.05, 0) is 68.6 Å². The summed E-state index contributed by atoms with van der Waals surface area (Å²) in [6.45, 7) is 6.54. The number of hydrogen-bond acceptors (Lipinski definition) is 3. The monoisotopic (exact) mass is 361 g/mol. The van der Waals surface area contributed by atoms with E-state index in [1.54, 1.807) is 0 Å². The molecule has 0 saturated heterocycles. The van der Waals surface area contributed by atoms with Crippen LogP contribution in [0.25, 0.3) is 0 Å². The number of benzene rings is 1. The van der Waals surface area contributed by atoms with Crippen molar-refractivity contribution < 1.29 is 10.2 Å². The molecule has 1 aliphatic carbocycles. The smallest absolute Gasteiger partial charge is 0.191 e. The topological polar surface area (TPSA) is 76.9 Å². The molecule has 0 saturated carbocycles. The first-order valence-electron chi connectivity index (χ1n) is 10.1. The van der Waals surface area contributed by atoms with Crippen molar-refractivity contribution in [2.75, 3.05) is 19.7 Å². The highest BCUT2D eigenvalue weighted by atomic mass is 16.3. The Morgan fingerprint density at radius 2 is 1.96 bits per heavy atom. The van der Waals surface area contributed by atoms with Gasteiger partial charge in [0.1, 0.15) is 5.75 Å². The zero-order valence-corrected chi connectivity index (χ0v) is 16.4. The first-order valence-corrected chi connectivity index (χ1v) is 10.1. The van der Waals surface area contributed by atoms with Gasteiger partial charge in [0, 0.05) is 25.3 Å². The SMILES string of the molecule is CCCC(CCO)CNC(=NCc1c(O)ccc2c1CCCC2)NCC. The molecule has 0 spiro atoms. The van der Waals surface area contributed by atoms with Gasteiger partial charge < -0.3 is 20.8 Å². The van der Waals surface area contributed by atoms with Crippen molar-refractivity contribution in [3.63, 3.8) is 0 Å². The number of nitrogens with one attached hydrogen (secondary N) is 2. The van der Waals surface area contributed by atoms with Crippen LogP contribution in [0.2, 0.25) is 0 Å². The maximum absolute atomic E-state index is 10.3. The molecular formula is C21H35N3O2. The van der Waals surface area contributed by atoms with Crippen molar-refractivity contribution >= 4 is 5.96 Å². The average Bonchev–Trinajstić information content (AvgIpc) is 2.65. The Balaban J connectivity index is 2.07. The van der Waals surface area contributed by atoms with Crippen LogP contribution in [0.3, 0.4) is 0 Å². The molecule has 1 aromatic rings. The van der Waals surface area contributed by atoms with Crippen LogP contribution in [0.4, 0.5) is 0 Å². The second kappa shape index (κ2) is 11.1. The van der Waals surface area contributed by atoms with Gasteiger partial charge in [-0.25, -0.2) is 4.99 Å². The number of aromatic hydroxyl groups is 1. The molecule has 1 unspecified atom stereocenters. The molecular weight excluding hydrogens is 326 g/mol. The van der Waals surface area contributed by atoms with Gasteiger partial charge in [-0.15, -0.1) is 0 Å². The second-order valence-electron chi connectivity index (χ2n) is 7.15. The predicted molar refractivity (Wildman–Crippen MR) is 108 cm³/mol. The molecule has 0 aliphatic heterocycles. The fourth-order valence-corrected chi connectivity index (χ4v) is 3.75. The molecule has 146 valence electrons. The van der Waals surface area contributed by atoms with E-state index in [1.165, 1.54) is 24.0 Å². The van der Waals surface area contributed by atoms with Crippen LogP contribution >= 0.6 is 0 Å². The molecule has 0 heterocycles. The number of aliphatic hydroxyl groups excluding tert-OH is 1. The Bertz CT molecular complexity index is 581. The maximum atomic E-state index is 10.3. The van der Waals surface area contributed by atoms with E-state index in [0.29, 0.717) is 18.2 Å². The molecule has 0 amide bonds. The van der Waals surface area contributed by atoms with Crippen LogP contribution in [0.15, 0.2) is 17.1 Å². The molecule has 1 aliphatic rings. The molecule has 0 aromatic heterocycles. The van der Waals surface area contributed by atoms with Gasteiger partial charge in [-0.1, -0.05) is 19.4 Å². The minimum absolute atomic E-state index is 0.226. The van der Waals surface area contributed by atoms with E-state index in [0.717, 1.165) is 56.7 Å². The fraction of sp³-hybridized carbons (Fsp3) is 0.667. The number of phenols is 1. The van der Waals surface area contributed by atoms with Crippen LogP contribution in [0, 0.1) is 5.92 Å². The summed E-state index contributed by atoms with van der Waals surface area (Å²) in [7, 11) is 0. The number of guanidine groups is 1. The summed E-state index contributed by atoms with van der Waals surface area (Å²) in [5.41, 5.74) is 3.63. The molecule has 2 rings (SSSR count). The molecule has 1 atom stereocenters. The van der Waals surface area contributed by atoms with Gasteiger partial charge >= 0.3 is 0 Å². The molecule has 5 nitrogen and oxygen atoms in total. The van der Waals surface area contributed by atoms with E-state index in [-0.39, 0.29) is 6.61 Å². The van der Waals surface area contributed by atoms with E-state index in [1.807, 2.05) is 6.07 Å². The Hall–Kier alpha value is -1.75. The highest BCUT2D eigenvalue weighted by molar-refractivity contribution is 5.79. The van der Waals surface area contributed by atoms with Gasteiger partial charge in [0.2, 0.25) is 0 Å².